The molecule has 1 N–H and O–H groups in total. The fraction of sp³-hybridized carbons (Fsp3) is 0.250. The molecule has 3 aromatic heterocycles. The molecule has 0 fully saturated rings. The Hall–Kier alpha value is -2.57. The molecule has 7 nitrogen and oxygen atoms in total. The van der Waals surface area contributed by atoms with Crippen LogP contribution in [-0.4, -0.2) is 29.5 Å². The van der Waals surface area contributed by atoms with Crippen molar-refractivity contribution in [2.45, 2.75) is 20.4 Å². The van der Waals surface area contributed by atoms with Gasteiger partial charge in [0, 0.05) is 18.0 Å². The van der Waals surface area contributed by atoms with Crippen molar-refractivity contribution < 1.29 is 0 Å². The molecule has 3 aromatic rings. The average Bonchev–Trinajstić information content (AvgIpc) is 2.85. The van der Waals surface area contributed by atoms with E-state index in [0.29, 0.717) is 12.3 Å². The quantitative estimate of drug-likeness (QED) is 0.756. The van der Waals surface area contributed by atoms with E-state index in [9.17, 15) is 0 Å². The molecule has 3 rings (SSSR count). The van der Waals surface area contributed by atoms with Gasteiger partial charge in [-0.1, -0.05) is 0 Å². The molecule has 0 saturated carbocycles. The Balaban J connectivity index is 1.85. The van der Waals surface area contributed by atoms with Crippen molar-refractivity contribution in [3.8, 4) is 0 Å². The SMILES string of the molecule is Cc1cnc(CNc2cc(C)nc3ncnn23)cn1. The van der Waals surface area contributed by atoms with E-state index in [-0.39, 0.29) is 0 Å². The maximum atomic E-state index is 4.30. The fourth-order valence-electron chi connectivity index (χ4n) is 1.75. The van der Waals surface area contributed by atoms with Gasteiger partial charge >= 0.3 is 0 Å². The topological polar surface area (TPSA) is 80.9 Å². The highest BCUT2D eigenvalue weighted by atomic mass is 15.3. The Morgan fingerprint density at radius 1 is 1.11 bits per heavy atom. The molecule has 3 heterocycles. The molecule has 0 bridgehead atoms. The molecule has 0 amide bonds. The van der Waals surface area contributed by atoms with Gasteiger partial charge in [-0.3, -0.25) is 9.97 Å². The van der Waals surface area contributed by atoms with Gasteiger partial charge in [0.1, 0.15) is 12.1 Å². The first-order valence-corrected chi connectivity index (χ1v) is 5.91. The van der Waals surface area contributed by atoms with Gasteiger partial charge in [-0.2, -0.15) is 14.6 Å². The summed E-state index contributed by atoms with van der Waals surface area (Å²) in [7, 11) is 0. The molecule has 0 aliphatic carbocycles. The highest BCUT2D eigenvalue weighted by Gasteiger charge is 2.05. The Kier molecular flexibility index (Phi) is 2.79. The van der Waals surface area contributed by atoms with Crippen LogP contribution in [0.25, 0.3) is 5.78 Å². The molecule has 0 aromatic carbocycles. The molecule has 19 heavy (non-hydrogen) atoms. The Morgan fingerprint density at radius 3 is 2.79 bits per heavy atom. The number of fused-ring (bicyclic) bond motifs is 1. The molecule has 0 radical (unpaired) electrons. The van der Waals surface area contributed by atoms with Gasteiger partial charge in [0.2, 0.25) is 0 Å². The van der Waals surface area contributed by atoms with Crippen molar-refractivity contribution in [1.82, 2.24) is 29.5 Å². The molecule has 0 aliphatic heterocycles. The maximum Gasteiger partial charge on any atom is 0.254 e. The predicted molar refractivity (Wildman–Crippen MR) is 69.6 cm³/mol. The maximum absolute atomic E-state index is 4.30. The van der Waals surface area contributed by atoms with E-state index < -0.39 is 0 Å². The van der Waals surface area contributed by atoms with Gasteiger partial charge in [0.25, 0.3) is 5.78 Å². The van der Waals surface area contributed by atoms with Gasteiger partial charge in [0.15, 0.2) is 0 Å². The van der Waals surface area contributed by atoms with Gasteiger partial charge in [-0.25, -0.2) is 4.98 Å². The number of hydrogen-bond acceptors (Lipinski definition) is 6. The van der Waals surface area contributed by atoms with E-state index in [0.717, 1.165) is 22.9 Å². The standard InChI is InChI=1S/C12H13N7/c1-8-3-11(19-12(18-8)16-7-17-19)15-6-10-5-13-9(2)4-14-10/h3-5,7,15H,6H2,1-2H3. The van der Waals surface area contributed by atoms with Crippen LogP contribution in [0, 0.1) is 13.8 Å². The second-order valence-electron chi connectivity index (χ2n) is 4.26. The summed E-state index contributed by atoms with van der Waals surface area (Å²) in [6.45, 7) is 4.41. The van der Waals surface area contributed by atoms with Crippen molar-refractivity contribution in [2.75, 3.05) is 5.32 Å². The number of nitrogens with zero attached hydrogens (tertiary/aromatic N) is 6. The lowest BCUT2D eigenvalue weighted by molar-refractivity contribution is 0.902. The number of nitrogens with one attached hydrogen (secondary N) is 1. The molecule has 0 spiro atoms. The Morgan fingerprint density at radius 2 is 2.00 bits per heavy atom. The van der Waals surface area contributed by atoms with E-state index in [2.05, 4.69) is 30.4 Å². The lowest BCUT2D eigenvalue weighted by Crippen LogP contribution is -2.08. The van der Waals surface area contributed by atoms with Gasteiger partial charge in [0.05, 0.1) is 24.1 Å². The molecule has 0 aliphatic rings. The number of aryl methyl sites for hydroxylation is 2. The minimum absolute atomic E-state index is 0.575. The summed E-state index contributed by atoms with van der Waals surface area (Å²) < 4.78 is 1.66. The van der Waals surface area contributed by atoms with E-state index in [1.54, 1.807) is 16.9 Å². The number of hydrogen-bond donors (Lipinski definition) is 1. The van der Waals surface area contributed by atoms with Crippen molar-refractivity contribution in [2.24, 2.45) is 0 Å². The third-order valence-corrected chi connectivity index (χ3v) is 2.66. The first-order chi connectivity index (χ1) is 9.22. The zero-order chi connectivity index (χ0) is 13.2. The second-order valence-corrected chi connectivity index (χ2v) is 4.26. The van der Waals surface area contributed by atoms with Crippen molar-refractivity contribution in [3.05, 3.63) is 41.9 Å². The number of rotatable bonds is 3. The minimum Gasteiger partial charge on any atom is -0.364 e. The van der Waals surface area contributed by atoms with Crippen LogP contribution in [0.3, 0.4) is 0 Å². The highest BCUT2D eigenvalue weighted by Crippen LogP contribution is 2.10. The summed E-state index contributed by atoms with van der Waals surface area (Å²) in [5.41, 5.74) is 2.66. The predicted octanol–water partition coefficient (Wildman–Crippen LogP) is 1.14. The van der Waals surface area contributed by atoms with Gasteiger partial charge in [-0.15, -0.1) is 0 Å². The minimum atomic E-state index is 0.575. The highest BCUT2D eigenvalue weighted by molar-refractivity contribution is 5.44. The second kappa shape index (κ2) is 4.60. The average molecular weight is 255 g/mol. The zero-order valence-electron chi connectivity index (χ0n) is 10.7. The summed E-state index contributed by atoms with van der Waals surface area (Å²) in [6, 6.07) is 1.92. The zero-order valence-corrected chi connectivity index (χ0v) is 10.7. The van der Waals surface area contributed by atoms with E-state index in [1.807, 2.05) is 19.9 Å². The molecule has 0 atom stereocenters. The van der Waals surface area contributed by atoms with Crippen LogP contribution >= 0.6 is 0 Å². The summed E-state index contributed by atoms with van der Waals surface area (Å²) in [6.07, 6.45) is 4.99. The van der Waals surface area contributed by atoms with Crippen molar-refractivity contribution in [3.63, 3.8) is 0 Å². The summed E-state index contributed by atoms with van der Waals surface area (Å²) >= 11 is 0. The lowest BCUT2D eigenvalue weighted by atomic mass is 10.4. The molecule has 96 valence electrons. The van der Waals surface area contributed by atoms with Crippen LogP contribution in [0.4, 0.5) is 5.82 Å². The summed E-state index contributed by atoms with van der Waals surface area (Å²) in [5.74, 6) is 1.42. The monoisotopic (exact) mass is 255 g/mol. The van der Waals surface area contributed by atoms with E-state index in [4.69, 9.17) is 0 Å². The fourth-order valence-corrected chi connectivity index (χ4v) is 1.75. The van der Waals surface area contributed by atoms with E-state index in [1.165, 1.54) is 6.33 Å². The molecular weight excluding hydrogens is 242 g/mol. The molecule has 7 heteroatoms. The molecular formula is C12H13N7. The van der Waals surface area contributed by atoms with Crippen LogP contribution < -0.4 is 5.32 Å². The molecule has 0 saturated heterocycles. The molecule has 0 unspecified atom stereocenters. The summed E-state index contributed by atoms with van der Waals surface area (Å²) in [4.78, 5) is 16.9. The van der Waals surface area contributed by atoms with Crippen LogP contribution in [0.2, 0.25) is 0 Å². The third kappa shape index (κ3) is 2.35. The largest absolute Gasteiger partial charge is 0.364 e. The first kappa shape index (κ1) is 11.5. The Bertz CT molecular complexity index is 702. The normalized spacial score (nSPS) is 10.8. The lowest BCUT2D eigenvalue weighted by Gasteiger charge is -2.08. The van der Waals surface area contributed by atoms with Crippen molar-refractivity contribution in [1.29, 1.82) is 0 Å². The smallest absolute Gasteiger partial charge is 0.254 e. The summed E-state index contributed by atoms with van der Waals surface area (Å²) in [5, 5.41) is 7.40. The van der Waals surface area contributed by atoms with Crippen LogP contribution in [-0.2, 0) is 6.54 Å². The van der Waals surface area contributed by atoms with Crippen LogP contribution in [0.1, 0.15) is 17.1 Å². The Labute approximate surface area is 109 Å². The van der Waals surface area contributed by atoms with Crippen LogP contribution in [0.5, 0.6) is 0 Å². The third-order valence-electron chi connectivity index (χ3n) is 2.66. The number of aromatic nitrogens is 6. The van der Waals surface area contributed by atoms with E-state index >= 15 is 0 Å². The van der Waals surface area contributed by atoms with Crippen LogP contribution in [0.15, 0.2) is 24.8 Å². The van der Waals surface area contributed by atoms with Gasteiger partial charge < -0.3 is 5.32 Å². The first-order valence-electron chi connectivity index (χ1n) is 5.91. The number of anilines is 1. The van der Waals surface area contributed by atoms with Gasteiger partial charge in [-0.05, 0) is 13.8 Å². The van der Waals surface area contributed by atoms with Crippen molar-refractivity contribution >= 4 is 11.6 Å².